The van der Waals surface area contributed by atoms with Crippen LogP contribution in [0, 0.1) is 12.7 Å². The number of benzene rings is 3. The molecule has 3 aromatic carbocycles. The molecule has 1 N–H and O–H groups in total. The first-order chi connectivity index (χ1) is 18.4. The SMILES string of the molecule is Cc1ccc(/C(O)=C2\C(=O)C(=O)N(Cc3cccnc3)C2c2ccc(OCc3ccccc3)cc2)cc1F. The molecule has 1 unspecified atom stereocenters. The molecule has 1 atom stereocenters. The third kappa shape index (κ3) is 5.04. The van der Waals surface area contributed by atoms with E-state index in [-0.39, 0.29) is 17.7 Å². The van der Waals surface area contributed by atoms with Crippen LogP contribution in [0.4, 0.5) is 4.39 Å². The molecule has 0 bridgehead atoms. The molecule has 0 radical (unpaired) electrons. The van der Waals surface area contributed by atoms with E-state index < -0.39 is 29.3 Å². The summed E-state index contributed by atoms with van der Waals surface area (Å²) in [6, 6.07) is 23.7. The van der Waals surface area contributed by atoms with Crippen LogP contribution in [0.1, 0.15) is 33.9 Å². The highest BCUT2D eigenvalue weighted by Gasteiger charge is 2.46. The number of aliphatic hydroxyl groups is 1. The number of Topliss-reactive ketones (excluding diaryl/α,β-unsaturated/α-hetero) is 1. The maximum absolute atomic E-state index is 14.3. The van der Waals surface area contributed by atoms with Crippen molar-refractivity contribution in [2.45, 2.75) is 26.1 Å². The first-order valence-corrected chi connectivity index (χ1v) is 12.1. The molecule has 1 aliphatic heterocycles. The maximum Gasteiger partial charge on any atom is 0.295 e. The van der Waals surface area contributed by atoms with Crippen LogP contribution in [0.5, 0.6) is 5.75 Å². The normalized spacial score (nSPS) is 16.6. The number of rotatable bonds is 7. The van der Waals surface area contributed by atoms with Crippen LogP contribution in [0.15, 0.2) is 103 Å². The smallest absolute Gasteiger partial charge is 0.295 e. The molecular weight excluding hydrogens is 483 g/mol. The number of hydrogen-bond acceptors (Lipinski definition) is 5. The van der Waals surface area contributed by atoms with Gasteiger partial charge in [-0.2, -0.15) is 0 Å². The van der Waals surface area contributed by atoms with Gasteiger partial charge in [0.15, 0.2) is 0 Å². The summed E-state index contributed by atoms with van der Waals surface area (Å²) in [5.74, 6) is -1.91. The number of pyridine rings is 1. The lowest BCUT2D eigenvalue weighted by molar-refractivity contribution is -0.140. The molecule has 7 heteroatoms. The van der Waals surface area contributed by atoms with Crippen LogP contribution >= 0.6 is 0 Å². The zero-order chi connectivity index (χ0) is 26.6. The van der Waals surface area contributed by atoms with Crippen LogP contribution in [-0.4, -0.2) is 26.7 Å². The van der Waals surface area contributed by atoms with Crippen molar-refractivity contribution in [3.05, 3.63) is 137 Å². The van der Waals surface area contributed by atoms with Crippen LogP contribution in [0.3, 0.4) is 0 Å². The van der Waals surface area contributed by atoms with E-state index in [1.165, 1.54) is 17.0 Å². The zero-order valence-corrected chi connectivity index (χ0v) is 20.7. The van der Waals surface area contributed by atoms with E-state index in [0.717, 1.165) is 17.2 Å². The number of halogens is 1. The van der Waals surface area contributed by atoms with Gasteiger partial charge in [0.05, 0.1) is 11.6 Å². The minimum atomic E-state index is -0.886. The quantitative estimate of drug-likeness (QED) is 0.196. The van der Waals surface area contributed by atoms with Crippen molar-refractivity contribution in [2.75, 3.05) is 0 Å². The van der Waals surface area contributed by atoms with Crippen molar-refractivity contribution in [3.8, 4) is 5.75 Å². The van der Waals surface area contributed by atoms with E-state index >= 15 is 0 Å². The number of ketones is 1. The number of carbonyl (C=O) groups is 2. The number of likely N-dealkylation sites (tertiary alicyclic amines) is 1. The number of aromatic nitrogens is 1. The molecule has 1 aliphatic rings. The molecule has 2 heterocycles. The largest absolute Gasteiger partial charge is 0.507 e. The molecule has 1 amide bonds. The van der Waals surface area contributed by atoms with Crippen LogP contribution < -0.4 is 4.74 Å². The summed E-state index contributed by atoms with van der Waals surface area (Å²) in [7, 11) is 0. The number of nitrogens with zero attached hydrogens (tertiary/aromatic N) is 2. The Kier molecular flexibility index (Phi) is 7.00. The molecule has 6 nitrogen and oxygen atoms in total. The van der Waals surface area contributed by atoms with E-state index in [0.29, 0.717) is 23.5 Å². The monoisotopic (exact) mass is 508 g/mol. The van der Waals surface area contributed by atoms with Crippen molar-refractivity contribution in [1.82, 2.24) is 9.88 Å². The van der Waals surface area contributed by atoms with Gasteiger partial charge >= 0.3 is 0 Å². The van der Waals surface area contributed by atoms with Gasteiger partial charge in [-0.25, -0.2) is 4.39 Å². The first-order valence-electron chi connectivity index (χ1n) is 12.1. The van der Waals surface area contributed by atoms with Gasteiger partial charge in [-0.1, -0.05) is 60.7 Å². The Balaban J connectivity index is 1.52. The Morgan fingerprint density at radius 1 is 0.974 bits per heavy atom. The summed E-state index contributed by atoms with van der Waals surface area (Å²) in [4.78, 5) is 31.9. The number of ether oxygens (including phenoxy) is 1. The highest BCUT2D eigenvalue weighted by Crippen LogP contribution is 2.40. The highest BCUT2D eigenvalue weighted by atomic mass is 19.1. The van der Waals surface area contributed by atoms with Gasteiger partial charge in [-0.05, 0) is 53.4 Å². The lowest BCUT2D eigenvalue weighted by Gasteiger charge is -2.25. The van der Waals surface area contributed by atoms with Crippen LogP contribution in [0.25, 0.3) is 5.76 Å². The average Bonchev–Trinajstić information content (AvgIpc) is 3.19. The lowest BCUT2D eigenvalue weighted by Crippen LogP contribution is -2.29. The lowest BCUT2D eigenvalue weighted by atomic mass is 9.94. The fourth-order valence-corrected chi connectivity index (χ4v) is 4.46. The number of carbonyl (C=O) groups excluding carboxylic acids is 2. The Bertz CT molecular complexity index is 1500. The highest BCUT2D eigenvalue weighted by molar-refractivity contribution is 6.46. The van der Waals surface area contributed by atoms with Gasteiger partial charge in [0, 0.05) is 24.5 Å². The van der Waals surface area contributed by atoms with E-state index in [1.807, 2.05) is 30.3 Å². The number of aryl methyl sites for hydroxylation is 1. The molecule has 1 saturated heterocycles. The number of hydrogen-bond donors (Lipinski definition) is 1. The Labute approximate surface area is 219 Å². The summed E-state index contributed by atoms with van der Waals surface area (Å²) >= 11 is 0. The molecular formula is C31H25FN2O4. The molecule has 38 heavy (non-hydrogen) atoms. The van der Waals surface area contributed by atoms with Gasteiger partial charge in [0.2, 0.25) is 0 Å². The fourth-order valence-electron chi connectivity index (χ4n) is 4.46. The number of aliphatic hydroxyl groups excluding tert-OH is 1. The molecule has 4 aromatic rings. The van der Waals surface area contributed by atoms with Gasteiger partial charge < -0.3 is 14.7 Å². The van der Waals surface area contributed by atoms with Crippen LogP contribution in [0.2, 0.25) is 0 Å². The summed E-state index contributed by atoms with van der Waals surface area (Å²) in [6.45, 7) is 2.10. The number of amides is 1. The van der Waals surface area contributed by atoms with Crippen molar-refractivity contribution in [1.29, 1.82) is 0 Å². The van der Waals surface area contributed by atoms with E-state index in [2.05, 4.69) is 4.98 Å². The zero-order valence-electron chi connectivity index (χ0n) is 20.7. The van der Waals surface area contributed by atoms with Crippen molar-refractivity contribution < 1.29 is 23.8 Å². The molecule has 0 spiro atoms. The summed E-state index contributed by atoms with van der Waals surface area (Å²) < 4.78 is 20.2. The third-order valence-corrected chi connectivity index (χ3v) is 6.51. The standard InChI is InChI=1S/C31H25FN2O4/c1-20-9-10-24(16-26(20)32)29(35)27-28(34(31(37)30(27)36)18-22-8-5-15-33-17-22)23-11-13-25(14-12-23)38-19-21-6-3-2-4-7-21/h2-17,28,35H,18-19H2,1H3/b29-27+. The molecule has 1 fully saturated rings. The van der Waals surface area contributed by atoms with Gasteiger partial charge in [0.1, 0.15) is 23.9 Å². The average molecular weight is 509 g/mol. The minimum Gasteiger partial charge on any atom is -0.507 e. The Hall–Kier alpha value is -4.78. The fraction of sp³-hybridized carbons (Fsp3) is 0.129. The van der Waals surface area contributed by atoms with E-state index in [1.54, 1.807) is 55.7 Å². The molecule has 0 saturated carbocycles. The van der Waals surface area contributed by atoms with Crippen molar-refractivity contribution >= 4 is 17.4 Å². The topological polar surface area (TPSA) is 79.7 Å². The maximum atomic E-state index is 14.3. The predicted octanol–water partition coefficient (Wildman–Crippen LogP) is 5.73. The molecule has 0 aliphatic carbocycles. The summed E-state index contributed by atoms with van der Waals surface area (Å²) in [6.07, 6.45) is 3.24. The van der Waals surface area contributed by atoms with Gasteiger partial charge in [0.25, 0.3) is 11.7 Å². The second-order valence-corrected chi connectivity index (χ2v) is 9.10. The van der Waals surface area contributed by atoms with Crippen molar-refractivity contribution in [2.24, 2.45) is 0 Å². The molecule has 5 rings (SSSR count). The Morgan fingerprint density at radius 3 is 2.39 bits per heavy atom. The molecule has 1 aromatic heterocycles. The van der Waals surface area contributed by atoms with Gasteiger partial charge in [-0.3, -0.25) is 14.6 Å². The van der Waals surface area contributed by atoms with E-state index in [9.17, 15) is 19.1 Å². The predicted molar refractivity (Wildman–Crippen MR) is 140 cm³/mol. The Morgan fingerprint density at radius 2 is 1.71 bits per heavy atom. The van der Waals surface area contributed by atoms with Crippen molar-refractivity contribution in [3.63, 3.8) is 0 Å². The minimum absolute atomic E-state index is 0.0971. The molecule has 190 valence electrons. The summed E-state index contributed by atoms with van der Waals surface area (Å²) in [5, 5.41) is 11.2. The first kappa shape index (κ1) is 24.9. The second-order valence-electron chi connectivity index (χ2n) is 9.10. The van der Waals surface area contributed by atoms with E-state index in [4.69, 9.17) is 4.74 Å². The van der Waals surface area contributed by atoms with Gasteiger partial charge in [-0.15, -0.1) is 0 Å². The third-order valence-electron chi connectivity index (χ3n) is 6.51. The summed E-state index contributed by atoms with van der Waals surface area (Å²) in [5.41, 5.74) is 2.78. The van der Waals surface area contributed by atoms with Crippen LogP contribution in [-0.2, 0) is 22.7 Å². The second kappa shape index (κ2) is 10.7.